The lowest BCUT2D eigenvalue weighted by atomic mass is 9.93. The molecule has 3 aliphatic rings. The van der Waals surface area contributed by atoms with Gasteiger partial charge in [0.05, 0.1) is 0 Å². The normalized spacial score (nSPS) is 37.6. The van der Waals surface area contributed by atoms with Crippen molar-refractivity contribution in [3.8, 4) is 0 Å². The van der Waals surface area contributed by atoms with Gasteiger partial charge in [0.25, 0.3) is 0 Å². The van der Waals surface area contributed by atoms with E-state index in [0.29, 0.717) is 16.6 Å². The summed E-state index contributed by atoms with van der Waals surface area (Å²) in [6, 6.07) is 5.42. The molecule has 0 aliphatic heterocycles. The van der Waals surface area contributed by atoms with Gasteiger partial charge < -0.3 is 5.32 Å². The average molecular weight is 308 g/mol. The van der Waals surface area contributed by atoms with Gasteiger partial charge in [-0.05, 0) is 74.0 Å². The molecule has 0 aromatic heterocycles. The molecule has 3 heteroatoms. The van der Waals surface area contributed by atoms with Crippen LogP contribution in [0, 0.1) is 35.4 Å². The molecular formula is C18H23ClFN. The number of rotatable bonds is 5. The third-order valence-corrected chi connectivity index (χ3v) is 6.57. The Morgan fingerprint density at radius 1 is 1.29 bits per heavy atom. The number of benzene rings is 1. The molecule has 0 radical (unpaired) electrons. The van der Waals surface area contributed by atoms with Crippen LogP contribution in [-0.2, 0) is 6.42 Å². The number of halogens is 2. The standard InChI is InChI=1S/C18H23ClFN/c1-2-21-15(9-12-13(19)4-3-5-14(12)20)18-16-10-6-7-11(8-10)17(16)18/h3-5,10-11,15-18,21H,2,6-9H2,1H3. The maximum atomic E-state index is 14.1. The van der Waals surface area contributed by atoms with Crippen LogP contribution in [0.4, 0.5) is 4.39 Å². The SMILES string of the molecule is CCNC(Cc1c(F)cccc1Cl)C1C2C3CCC(C3)C21. The summed E-state index contributed by atoms with van der Waals surface area (Å²) in [6.07, 6.45) is 5.06. The van der Waals surface area contributed by atoms with E-state index in [0.717, 1.165) is 42.6 Å². The Kier molecular flexibility index (Phi) is 3.50. The first-order chi connectivity index (χ1) is 10.2. The van der Waals surface area contributed by atoms with Crippen molar-refractivity contribution in [2.24, 2.45) is 29.6 Å². The third kappa shape index (κ3) is 2.22. The number of nitrogens with one attached hydrogen (secondary N) is 1. The van der Waals surface area contributed by atoms with Crippen molar-refractivity contribution < 1.29 is 4.39 Å². The van der Waals surface area contributed by atoms with Gasteiger partial charge in [-0.1, -0.05) is 24.6 Å². The highest BCUT2D eigenvalue weighted by molar-refractivity contribution is 6.31. The Labute approximate surface area is 131 Å². The Balaban J connectivity index is 1.54. The highest BCUT2D eigenvalue weighted by Crippen LogP contribution is 2.70. The summed E-state index contributed by atoms with van der Waals surface area (Å²) in [4.78, 5) is 0. The second kappa shape index (κ2) is 5.24. The van der Waals surface area contributed by atoms with Crippen molar-refractivity contribution in [2.75, 3.05) is 6.54 Å². The van der Waals surface area contributed by atoms with Crippen molar-refractivity contribution in [1.82, 2.24) is 5.32 Å². The van der Waals surface area contributed by atoms with Crippen LogP contribution < -0.4 is 5.32 Å². The summed E-state index contributed by atoms with van der Waals surface area (Å²) in [5.74, 6) is 4.35. The maximum absolute atomic E-state index is 14.1. The smallest absolute Gasteiger partial charge is 0.127 e. The van der Waals surface area contributed by atoms with Gasteiger partial charge in [-0.3, -0.25) is 0 Å². The van der Waals surface area contributed by atoms with Crippen LogP contribution in [0.2, 0.25) is 5.02 Å². The van der Waals surface area contributed by atoms with E-state index in [2.05, 4.69) is 12.2 Å². The van der Waals surface area contributed by atoms with Crippen LogP contribution in [0.3, 0.4) is 0 Å². The summed E-state index contributed by atoms with van der Waals surface area (Å²) in [6.45, 7) is 3.09. The first-order valence-corrected chi connectivity index (χ1v) is 8.74. The van der Waals surface area contributed by atoms with Gasteiger partial charge in [0.15, 0.2) is 0 Å². The Morgan fingerprint density at radius 3 is 2.62 bits per heavy atom. The lowest BCUT2D eigenvalue weighted by molar-refractivity contribution is 0.363. The number of likely N-dealkylation sites (N-methyl/N-ethyl adjacent to an activating group) is 1. The maximum Gasteiger partial charge on any atom is 0.127 e. The molecule has 3 fully saturated rings. The summed E-state index contributed by atoms with van der Waals surface area (Å²) >= 11 is 6.22. The summed E-state index contributed by atoms with van der Waals surface area (Å²) in [5.41, 5.74) is 0.697. The first kappa shape index (κ1) is 14.0. The van der Waals surface area contributed by atoms with Gasteiger partial charge >= 0.3 is 0 Å². The molecule has 0 amide bonds. The van der Waals surface area contributed by atoms with Gasteiger partial charge in [0.1, 0.15) is 5.82 Å². The second-order valence-electron chi connectivity index (χ2n) is 7.13. The molecule has 0 heterocycles. The van der Waals surface area contributed by atoms with Crippen LogP contribution in [0.1, 0.15) is 31.7 Å². The molecule has 0 saturated heterocycles. The van der Waals surface area contributed by atoms with Crippen LogP contribution in [0.25, 0.3) is 0 Å². The number of hydrogen-bond donors (Lipinski definition) is 1. The van der Waals surface area contributed by atoms with E-state index >= 15 is 0 Å². The zero-order chi connectivity index (χ0) is 14.6. The fourth-order valence-electron chi connectivity index (χ4n) is 5.48. The Hall–Kier alpha value is -0.600. The quantitative estimate of drug-likeness (QED) is 0.855. The topological polar surface area (TPSA) is 12.0 Å². The molecule has 21 heavy (non-hydrogen) atoms. The minimum absolute atomic E-state index is 0.154. The van der Waals surface area contributed by atoms with E-state index in [-0.39, 0.29) is 5.82 Å². The fraction of sp³-hybridized carbons (Fsp3) is 0.667. The predicted molar refractivity (Wildman–Crippen MR) is 83.9 cm³/mol. The van der Waals surface area contributed by atoms with Gasteiger partial charge in [0.2, 0.25) is 0 Å². The van der Waals surface area contributed by atoms with Gasteiger partial charge in [-0.15, -0.1) is 0 Å². The largest absolute Gasteiger partial charge is 0.314 e. The summed E-state index contributed by atoms with van der Waals surface area (Å²) in [5, 5.41) is 4.20. The number of fused-ring (bicyclic) bond motifs is 5. The van der Waals surface area contributed by atoms with Crippen molar-refractivity contribution in [1.29, 1.82) is 0 Å². The summed E-state index contributed by atoms with van der Waals surface area (Å²) < 4.78 is 14.1. The van der Waals surface area contributed by atoms with E-state index in [1.807, 2.05) is 0 Å². The molecule has 4 rings (SSSR count). The average Bonchev–Trinajstić information content (AvgIpc) is 2.89. The minimum Gasteiger partial charge on any atom is -0.314 e. The van der Waals surface area contributed by atoms with Crippen molar-refractivity contribution >= 4 is 11.6 Å². The van der Waals surface area contributed by atoms with E-state index in [9.17, 15) is 4.39 Å². The van der Waals surface area contributed by atoms with Crippen LogP contribution in [0.5, 0.6) is 0 Å². The molecule has 2 bridgehead atoms. The minimum atomic E-state index is -0.154. The lowest BCUT2D eigenvalue weighted by Crippen LogP contribution is -2.35. The molecule has 5 unspecified atom stereocenters. The Morgan fingerprint density at radius 2 is 2.00 bits per heavy atom. The molecule has 1 aromatic rings. The number of hydrogen-bond acceptors (Lipinski definition) is 1. The van der Waals surface area contributed by atoms with Crippen molar-refractivity contribution in [3.05, 3.63) is 34.6 Å². The molecule has 3 saturated carbocycles. The molecule has 114 valence electrons. The molecular weight excluding hydrogens is 285 g/mol. The molecule has 1 N–H and O–H groups in total. The van der Waals surface area contributed by atoms with Crippen LogP contribution in [-0.4, -0.2) is 12.6 Å². The van der Waals surface area contributed by atoms with Crippen molar-refractivity contribution in [3.63, 3.8) is 0 Å². The zero-order valence-electron chi connectivity index (χ0n) is 12.5. The lowest BCUT2D eigenvalue weighted by Gasteiger charge is -2.22. The predicted octanol–water partition coefficient (Wildman–Crippen LogP) is 4.29. The highest BCUT2D eigenvalue weighted by atomic mass is 35.5. The monoisotopic (exact) mass is 307 g/mol. The Bertz CT molecular complexity index is 510. The second-order valence-corrected chi connectivity index (χ2v) is 7.54. The van der Waals surface area contributed by atoms with Crippen LogP contribution >= 0.6 is 11.6 Å². The summed E-state index contributed by atoms with van der Waals surface area (Å²) in [7, 11) is 0. The van der Waals surface area contributed by atoms with Gasteiger partial charge in [-0.2, -0.15) is 0 Å². The van der Waals surface area contributed by atoms with Gasteiger partial charge in [-0.25, -0.2) is 4.39 Å². The van der Waals surface area contributed by atoms with Crippen LogP contribution in [0.15, 0.2) is 18.2 Å². The van der Waals surface area contributed by atoms with Crippen molar-refractivity contribution in [2.45, 2.75) is 38.6 Å². The van der Waals surface area contributed by atoms with E-state index < -0.39 is 0 Å². The fourth-order valence-corrected chi connectivity index (χ4v) is 5.72. The first-order valence-electron chi connectivity index (χ1n) is 8.37. The molecule has 1 aromatic carbocycles. The molecule has 0 spiro atoms. The third-order valence-electron chi connectivity index (χ3n) is 6.21. The van der Waals surface area contributed by atoms with E-state index in [1.165, 1.54) is 25.3 Å². The molecule has 5 atom stereocenters. The highest BCUT2D eigenvalue weighted by Gasteiger charge is 2.66. The zero-order valence-corrected chi connectivity index (χ0v) is 13.2. The van der Waals surface area contributed by atoms with E-state index in [4.69, 9.17) is 11.6 Å². The molecule has 1 nitrogen and oxygen atoms in total. The van der Waals surface area contributed by atoms with Gasteiger partial charge in [0, 0.05) is 16.6 Å². The van der Waals surface area contributed by atoms with E-state index in [1.54, 1.807) is 12.1 Å². The molecule has 3 aliphatic carbocycles.